The van der Waals surface area contributed by atoms with Crippen molar-refractivity contribution in [3.8, 4) is 11.3 Å². The predicted octanol–water partition coefficient (Wildman–Crippen LogP) is 5.31. The van der Waals surface area contributed by atoms with Gasteiger partial charge in [-0.1, -0.05) is 53.5 Å². The van der Waals surface area contributed by atoms with Gasteiger partial charge in [-0.2, -0.15) is 0 Å². The largest absolute Gasteiger partial charge is 0.356 e. The van der Waals surface area contributed by atoms with E-state index in [4.69, 9.17) is 23.2 Å². The number of hydrogen-bond donors (Lipinski definition) is 1. The Bertz CT molecular complexity index is 1000. The first-order chi connectivity index (χ1) is 14.1. The number of anilines is 2. The number of nitrogens with one attached hydrogen (secondary N) is 1. The average molecular weight is 427 g/mol. The molecule has 148 valence electrons. The molecule has 0 radical (unpaired) electrons. The maximum atomic E-state index is 12.7. The maximum Gasteiger partial charge on any atom is 0.227 e. The van der Waals surface area contributed by atoms with Gasteiger partial charge in [0, 0.05) is 35.7 Å². The fourth-order valence-electron chi connectivity index (χ4n) is 3.49. The van der Waals surface area contributed by atoms with Crippen LogP contribution < -0.4 is 10.2 Å². The highest BCUT2D eigenvalue weighted by molar-refractivity contribution is 6.35. The number of aromatic nitrogens is 2. The number of carbonyl (C=O) groups excluding carboxylic acids is 1. The third-order valence-corrected chi connectivity index (χ3v) is 5.66. The van der Waals surface area contributed by atoms with E-state index >= 15 is 0 Å². The fourth-order valence-corrected chi connectivity index (χ4v) is 3.82. The van der Waals surface area contributed by atoms with E-state index in [1.54, 1.807) is 24.5 Å². The van der Waals surface area contributed by atoms with Crippen molar-refractivity contribution in [3.05, 3.63) is 71.0 Å². The lowest BCUT2D eigenvalue weighted by Gasteiger charge is -2.32. The van der Waals surface area contributed by atoms with Crippen LogP contribution in [0.3, 0.4) is 0 Å². The van der Waals surface area contributed by atoms with Crippen LogP contribution in [0.4, 0.5) is 11.5 Å². The molecule has 0 saturated carbocycles. The van der Waals surface area contributed by atoms with Crippen molar-refractivity contribution in [1.82, 2.24) is 9.97 Å². The van der Waals surface area contributed by atoms with Gasteiger partial charge in [0.1, 0.15) is 12.1 Å². The number of halogens is 2. The Kier molecular flexibility index (Phi) is 5.97. The Hall–Kier alpha value is -2.63. The molecule has 1 aromatic heterocycles. The van der Waals surface area contributed by atoms with Crippen LogP contribution in [-0.4, -0.2) is 29.0 Å². The molecule has 4 rings (SSSR count). The van der Waals surface area contributed by atoms with Gasteiger partial charge in [0.25, 0.3) is 0 Å². The Morgan fingerprint density at radius 2 is 1.76 bits per heavy atom. The lowest BCUT2D eigenvalue weighted by atomic mass is 9.95. The monoisotopic (exact) mass is 426 g/mol. The molecule has 2 heterocycles. The van der Waals surface area contributed by atoms with Crippen LogP contribution in [0.25, 0.3) is 11.3 Å². The van der Waals surface area contributed by atoms with Gasteiger partial charge in [0.05, 0.1) is 16.4 Å². The molecule has 1 saturated heterocycles. The topological polar surface area (TPSA) is 58.1 Å². The van der Waals surface area contributed by atoms with Crippen molar-refractivity contribution in [2.45, 2.75) is 12.8 Å². The van der Waals surface area contributed by atoms with Gasteiger partial charge in [-0.25, -0.2) is 9.97 Å². The SMILES string of the molecule is O=C(Nc1cc(Cl)ccc1Cl)C1CCN(c2cc(-c3ccccc3)ncn2)CC1. The van der Waals surface area contributed by atoms with Crippen molar-refractivity contribution in [3.63, 3.8) is 0 Å². The lowest BCUT2D eigenvalue weighted by molar-refractivity contribution is -0.120. The maximum absolute atomic E-state index is 12.7. The second-order valence-electron chi connectivity index (χ2n) is 7.00. The Morgan fingerprint density at radius 1 is 1.00 bits per heavy atom. The predicted molar refractivity (Wildman–Crippen MR) is 117 cm³/mol. The molecule has 0 atom stereocenters. The highest BCUT2D eigenvalue weighted by atomic mass is 35.5. The number of rotatable bonds is 4. The molecule has 1 N–H and O–H groups in total. The lowest BCUT2D eigenvalue weighted by Crippen LogP contribution is -2.38. The molecule has 0 bridgehead atoms. The van der Waals surface area contributed by atoms with Crippen LogP contribution in [-0.2, 0) is 4.79 Å². The molecule has 3 aromatic rings. The van der Waals surface area contributed by atoms with E-state index in [1.165, 1.54) is 0 Å². The van der Waals surface area contributed by atoms with Gasteiger partial charge < -0.3 is 10.2 Å². The molecule has 2 aromatic carbocycles. The van der Waals surface area contributed by atoms with E-state index in [2.05, 4.69) is 20.2 Å². The first-order valence-electron chi connectivity index (χ1n) is 9.48. The van der Waals surface area contributed by atoms with Gasteiger partial charge in [-0.05, 0) is 31.0 Å². The van der Waals surface area contributed by atoms with Crippen molar-refractivity contribution < 1.29 is 4.79 Å². The molecule has 7 heteroatoms. The molecular formula is C22H20Cl2N4O. The number of hydrogen-bond acceptors (Lipinski definition) is 4. The first kappa shape index (κ1) is 19.7. The Morgan fingerprint density at radius 3 is 2.52 bits per heavy atom. The van der Waals surface area contributed by atoms with Crippen LogP contribution in [0.2, 0.25) is 10.0 Å². The van der Waals surface area contributed by atoms with Gasteiger partial charge in [0.15, 0.2) is 0 Å². The van der Waals surface area contributed by atoms with Crippen LogP contribution in [0, 0.1) is 5.92 Å². The average Bonchev–Trinajstić information content (AvgIpc) is 2.77. The van der Waals surface area contributed by atoms with Gasteiger partial charge in [-0.15, -0.1) is 0 Å². The van der Waals surface area contributed by atoms with E-state index in [0.717, 1.165) is 43.0 Å². The molecule has 5 nitrogen and oxygen atoms in total. The third kappa shape index (κ3) is 4.69. The number of amides is 1. The van der Waals surface area contributed by atoms with E-state index in [1.807, 2.05) is 36.4 Å². The third-order valence-electron chi connectivity index (χ3n) is 5.10. The van der Waals surface area contributed by atoms with Gasteiger partial charge in [0.2, 0.25) is 5.91 Å². The molecule has 1 amide bonds. The Balaban J connectivity index is 1.39. The second-order valence-corrected chi connectivity index (χ2v) is 7.85. The normalized spacial score (nSPS) is 14.6. The summed E-state index contributed by atoms with van der Waals surface area (Å²) in [5.41, 5.74) is 2.50. The van der Waals surface area contributed by atoms with Crippen LogP contribution >= 0.6 is 23.2 Å². The minimum Gasteiger partial charge on any atom is -0.356 e. The number of benzene rings is 2. The van der Waals surface area contributed by atoms with E-state index in [0.29, 0.717) is 15.7 Å². The standard InChI is InChI=1S/C22H20Cl2N4O/c23-17-6-7-18(24)20(12-17)27-22(29)16-8-10-28(11-9-16)21-13-19(25-14-26-21)15-4-2-1-3-5-15/h1-7,12-14,16H,8-11H2,(H,27,29). The summed E-state index contributed by atoms with van der Waals surface area (Å²) >= 11 is 12.2. The van der Waals surface area contributed by atoms with Crippen molar-refractivity contribution >= 4 is 40.6 Å². The van der Waals surface area contributed by atoms with Crippen molar-refractivity contribution in [2.24, 2.45) is 5.92 Å². The quantitative estimate of drug-likeness (QED) is 0.614. The second kappa shape index (κ2) is 8.80. The fraction of sp³-hybridized carbons (Fsp3) is 0.227. The van der Waals surface area contributed by atoms with Crippen molar-refractivity contribution in [2.75, 3.05) is 23.3 Å². The molecule has 0 spiro atoms. The summed E-state index contributed by atoms with van der Waals surface area (Å²) in [5.74, 6) is 0.786. The van der Waals surface area contributed by atoms with E-state index < -0.39 is 0 Å². The zero-order valence-corrected chi connectivity index (χ0v) is 17.2. The first-order valence-corrected chi connectivity index (χ1v) is 10.2. The summed E-state index contributed by atoms with van der Waals surface area (Å²) in [6, 6.07) is 17.1. The number of nitrogens with zero attached hydrogens (tertiary/aromatic N) is 3. The van der Waals surface area contributed by atoms with Crippen LogP contribution in [0.15, 0.2) is 60.9 Å². The molecule has 29 heavy (non-hydrogen) atoms. The van der Waals surface area contributed by atoms with Crippen LogP contribution in [0.5, 0.6) is 0 Å². The zero-order chi connectivity index (χ0) is 20.2. The summed E-state index contributed by atoms with van der Waals surface area (Å²) in [4.78, 5) is 23.7. The highest BCUT2D eigenvalue weighted by Crippen LogP contribution is 2.28. The number of carbonyl (C=O) groups is 1. The summed E-state index contributed by atoms with van der Waals surface area (Å²) < 4.78 is 0. The summed E-state index contributed by atoms with van der Waals surface area (Å²) in [6.45, 7) is 1.51. The number of piperidine rings is 1. The minimum absolute atomic E-state index is 0.0264. The van der Waals surface area contributed by atoms with Gasteiger partial charge in [-0.3, -0.25) is 4.79 Å². The smallest absolute Gasteiger partial charge is 0.227 e. The molecule has 0 unspecified atom stereocenters. The van der Waals surface area contributed by atoms with Crippen LogP contribution in [0.1, 0.15) is 12.8 Å². The molecule has 1 aliphatic heterocycles. The highest BCUT2D eigenvalue weighted by Gasteiger charge is 2.26. The summed E-state index contributed by atoms with van der Waals surface area (Å²) in [7, 11) is 0. The Labute approximate surface area is 179 Å². The van der Waals surface area contributed by atoms with E-state index in [9.17, 15) is 4.79 Å². The van der Waals surface area contributed by atoms with E-state index in [-0.39, 0.29) is 11.8 Å². The molecule has 1 fully saturated rings. The summed E-state index contributed by atoms with van der Waals surface area (Å²) in [6.07, 6.45) is 3.08. The molecule has 1 aliphatic rings. The minimum atomic E-state index is -0.0725. The zero-order valence-electron chi connectivity index (χ0n) is 15.7. The summed E-state index contributed by atoms with van der Waals surface area (Å²) in [5, 5.41) is 3.93. The van der Waals surface area contributed by atoms with Crippen molar-refractivity contribution in [1.29, 1.82) is 0 Å². The molecular weight excluding hydrogens is 407 g/mol. The molecule has 0 aliphatic carbocycles. The van der Waals surface area contributed by atoms with Gasteiger partial charge >= 0.3 is 0 Å².